The summed E-state index contributed by atoms with van der Waals surface area (Å²) >= 11 is 0. The van der Waals surface area contributed by atoms with Crippen molar-refractivity contribution in [2.45, 2.75) is 23.4 Å². The van der Waals surface area contributed by atoms with Gasteiger partial charge in [-0.05, 0) is 60.2 Å². The van der Waals surface area contributed by atoms with Crippen LogP contribution < -0.4 is 10.0 Å². The second-order valence-electron chi connectivity index (χ2n) is 8.37. The predicted octanol–water partition coefficient (Wildman–Crippen LogP) is 2.22. The van der Waals surface area contributed by atoms with E-state index >= 15 is 0 Å². The number of hydrogen-bond donors (Lipinski definition) is 2. The molecule has 0 spiro atoms. The average Bonchev–Trinajstić information content (AvgIpc) is 2.85. The SMILES string of the molecule is CN(C(=O)c1ccc(F)cc1)[C@@H](Cc1cccnc1)C(=O)Nc1ccc(S(=O)(=O)NC2COC2)cc1. The molecular formula is C25H25FN4O5S. The van der Waals surface area contributed by atoms with Crippen molar-refractivity contribution in [3.05, 3.63) is 90.0 Å². The Hall–Kier alpha value is -3.67. The van der Waals surface area contributed by atoms with E-state index in [0.29, 0.717) is 18.9 Å². The number of hydrogen-bond acceptors (Lipinski definition) is 6. The van der Waals surface area contributed by atoms with Crippen molar-refractivity contribution >= 4 is 27.5 Å². The first-order valence-corrected chi connectivity index (χ1v) is 12.6. The number of halogens is 1. The summed E-state index contributed by atoms with van der Waals surface area (Å²) in [5.74, 6) is -1.40. The average molecular weight is 513 g/mol. The molecule has 11 heteroatoms. The zero-order valence-electron chi connectivity index (χ0n) is 19.4. The molecule has 0 saturated carbocycles. The van der Waals surface area contributed by atoms with Crippen molar-refractivity contribution < 1.29 is 27.1 Å². The first-order valence-electron chi connectivity index (χ1n) is 11.2. The van der Waals surface area contributed by atoms with Crippen molar-refractivity contribution in [1.29, 1.82) is 0 Å². The van der Waals surface area contributed by atoms with Crippen molar-refractivity contribution in [1.82, 2.24) is 14.6 Å². The second-order valence-corrected chi connectivity index (χ2v) is 10.1. The van der Waals surface area contributed by atoms with E-state index in [9.17, 15) is 22.4 Å². The predicted molar refractivity (Wildman–Crippen MR) is 130 cm³/mol. The zero-order valence-corrected chi connectivity index (χ0v) is 20.2. The first kappa shape index (κ1) is 25.4. The standard InChI is InChI=1S/C25H25FN4O5S/c1-30(25(32)18-4-6-19(26)7-5-18)23(13-17-3-2-12-27-14-17)24(31)28-20-8-10-22(11-9-20)36(33,34)29-21-15-35-16-21/h2-12,14,21,23,29H,13,15-16H2,1H3,(H,28,31)/t23-/m0/s1. The highest BCUT2D eigenvalue weighted by atomic mass is 32.2. The molecule has 9 nitrogen and oxygen atoms in total. The Balaban J connectivity index is 1.51. The van der Waals surface area contributed by atoms with Crippen molar-refractivity contribution in [3.8, 4) is 0 Å². The summed E-state index contributed by atoms with van der Waals surface area (Å²) in [6.07, 6.45) is 3.40. The minimum absolute atomic E-state index is 0.0583. The van der Waals surface area contributed by atoms with Gasteiger partial charge in [-0.3, -0.25) is 14.6 Å². The van der Waals surface area contributed by atoms with Crippen LogP contribution in [0.2, 0.25) is 0 Å². The molecule has 1 fully saturated rings. The molecule has 1 aromatic heterocycles. The highest BCUT2D eigenvalue weighted by Gasteiger charge is 2.29. The fourth-order valence-corrected chi connectivity index (χ4v) is 4.82. The van der Waals surface area contributed by atoms with Gasteiger partial charge in [0.05, 0.1) is 24.2 Å². The Morgan fingerprint density at radius 1 is 1.11 bits per heavy atom. The first-order chi connectivity index (χ1) is 17.2. The largest absolute Gasteiger partial charge is 0.378 e. The highest BCUT2D eigenvalue weighted by Crippen LogP contribution is 2.18. The number of ether oxygens (including phenoxy) is 1. The summed E-state index contributed by atoms with van der Waals surface area (Å²) in [7, 11) is -2.21. The molecule has 188 valence electrons. The van der Waals surface area contributed by atoms with Crippen molar-refractivity contribution in [3.63, 3.8) is 0 Å². The van der Waals surface area contributed by atoms with Crippen LogP contribution in [0.25, 0.3) is 0 Å². The van der Waals surface area contributed by atoms with E-state index in [1.54, 1.807) is 24.5 Å². The second kappa shape index (κ2) is 10.9. The smallest absolute Gasteiger partial charge is 0.254 e. The van der Waals surface area contributed by atoms with Gasteiger partial charge >= 0.3 is 0 Å². The summed E-state index contributed by atoms with van der Waals surface area (Å²) < 4.78 is 45.8. The van der Waals surface area contributed by atoms with E-state index < -0.39 is 33.7 Å². The van der Waals surface area contributed by atoms with E-state index in [4.69, 9.17) is 4.74 Å². The van der Waals surface area contributed by atoms with E-state index in [0.717, 1.165) is 5.56 Å². The molecule has 2 N–H and O–H groups in total. The molecule has 2 heterocycles. The molecule has 2 aromatic carbocycles. The van der Waals surface area contributed by atoms with Gasteiger partial charge < -0.3 is 15.0 Å². The number of pyridine rings is 1. The summed E-state index contributed by atoms with van der Waals surface area (Å²) in [4.78, 5) is 31.8. The topological polar surface area (TPSA) is 118 Å². The fraction of sp³-hybridized carbons (Fsp3) is 0.240. The summed E-state index contributed by atoms with van der Waals surface area (Å²) in [6.45, 7) is 0.658. The van der Waals surface area contributed by atoms with Crippen LogP contribution >= 0.6 is 0 Å². The Labute approximate surface area is 208 Å². The number of amides is 2. The maximum absolute atomic E-state index is 13.3. The number of aromatic nitrogens is 1. The van der Waals surface area contributed by atoms with Gasteiger partial charge in [-0.15, -0.1) is 0 Å². The molecule has 1 saturated heterocycles. The van der Waals surface area contributed by atoms with E-state index in [1.807, 2.05) is 0 Å². The Morgan fingerprint density at radius 3 is 2.39 bits per heavy atom. The minimum Gasteiger partial charge on any atom is -0.378 e. The number of carbonyl (C=O) groups is 2. The molecule has 1 atom stereocenters. The van der Waals surface area contributed by atoms with Gasteiger partial charge in [0.2, 0.25) is 15.9 Å². The molecule has 2 amide bonds. The molecule has 3 aromatic rings. The van der Waals surface area contributed by atoms with Crippen LogP contribution in [0.15, 0.2) is 78.0 Å². The maximum atomic E-state index is 13.3. The molecule has 1 aliphatic rings. The van der Waals surface area contributed by atoms with Gasteiger partial charge in [0.1, 0.15) is 11.9 Å². The molecule has 36 heavy (non-hydrogen) atoms. The molecule has 0 aliphatic carbocycles. The third-order valence-electron chi connectivity index (χ3n) is 5.73. The van der Waals surface area contributed by atoms with Crippen molar-refractivity contribution in [2.24, 2.45) is 0 Å². The monoisotopic (exact) mass is 512 g/mol. The summed E-state index contributed by atoms with van der Waals surface area (Å²) in [6, 6.07) is 13.2. The molecule has 0 radical (unpaired) electrons. The lowest BCUT2D eigenvalue weighted by molar-refractivity contribution is -0.120. The number of sulfonamides is 1. The lowest BCUT2D eigenvalue weighted by Gasteiger charge is -2.28. The maximum Gasteiger partial charge on any atom is 0.254 e. The fourth-order valence-electron chi connectivity index (χ4n) is 3.62. The molecule has 0 unspecified atom stereocenters. The van der Waals surface area contributed by atoms with Crippen LogP contribution in [0, 0.1) is 5.82 Å². The quantitative estimate of drug-likeness (QED) is 0.454. The molecule has 0 bridgehead atoms. The van der Waals surface area contributed by atoms with E-state index in [-0.39, 0.29) is 22.9 Å². The summed E-state index contributed by atoms with van der Waals surface area (Å²) in [5.41, 5.74) is 1.34. The van der Waals surface area contributed by atoms with Gasteiger partial charge in [-0.25, -0.2) is 17.5 Å². The van der Waals surface area contributed by atoms with Gasteiger partial charge in [0.15, 0.2) is 0 Å². The Kier molecular flexibility index (Phi) is 7.73. The van der Waals surface area contributed by atoms with Crippen LogP contribution in [0.1, 0.15) is 15.9 Å². The Bertz CT molecular complexity index is 1310. The lowest BCUT2D eigenvalue weighted by atomic mass is 10.0. The third-order valence-corrected chi connectivity index (χ3v) is 7.26. The van der Waals surface area contributed by atoms with Gasteiger partial charge in [-0.2, -0.15) is 0 Å². The van der Waals surface area contributed by atoms with Crippen LogP contribution in [-0.4, -0.2) is 62.5 Å². The normalized spacial score (nSPS) is 14.5. The number of nitrogens with zero attached hydrogens (tertiary/aromatic N) is 2. The third kappa shape index (κ3) is 6.11. The van der Waals surface area contributed by atoms with Crippen LogP contribution in [-0.2, 0) is 26.0 Å². The van der Waals surface area contributed by atoms with Gasteiger partial charge in [-0.1, -0.05) is 6.07 Å². The van der Waals surface area contributed by atoms with E-state index in [2.05, 4.69) is 15.0 Å². The molecule has 4 rings (SSSR count). The number of benzene rings is 2. The minimum atomic E-state index is -3.71. The number of rotatable bonds is 9. The van der Waals surface area contributed by atoms with Crippen LogP contribution in [0.4, 0.5) is 10.1 Å². The van der Waals surface area contributed by atoms with Gasteiger partial charge in [0, 0.05) is 37.1 Å². The number of nitrogens with one attached hydrogen (secondary N) is 2. The molecule has 1 aliphatic heterocycles. The summed E-state index contributed by atoms with van der Waals surface area (Å²) in [5, 5.41) is 2.75. The number of anilines is 1. The highest BCUT2D eigenvalue weighted by molar-refractivity contribution is 7.89. The number of carbonyl (C=O) groups excluding carboxylic acids is 2. The zero-order chi connectivity index (χ0) is 25.7. The van der Waals surface area contributed by atoms with Crippen LogP contribution in [0.5, 0.6) is 0 Å². The van der Waals surface area contributed by atoms with Crippen LogP contribution in [0.3, 0.4) is 0 Å². The number of likely N-dealkylation sites (N-methyl/N-ethyl adjacent to an activating group) is 1. The lowest BCUT2D eigenvalue weighted by Crippen LogP contribution is -2.48. The Morgan fingerprint density at radius 2 is 1.81 bits per heavy atom. The molecular weight excluding hydrogens is 487 g/mol. The van der Waals surface area contributed by atoms with Gasteiger partial charge in [0.25, 0.3) is 5.91 Å². The van der Waals surface area contributed by atoms with E-state index in [1.165, 1.54) is 60.5 Å². The van der Waals surface area contributed by atoms with Crippen molar-refractivity contribution in [2.75, 3.05) is 25.6 Å².